The van der Waals surface area contributed by atoms with Crippen molar-refractivity contribution in [2.24, 2.45) is 0 Å². The van der Waals surface area contributed by atoms with Crippen LogP contribution >= 0.6 is 0 Å². The Balaban J connectivity index is 1.47. The van der Waals surface area contributed by atoms with Crippen molar-refractivity contribution in [2.75, 3.05) is 0 Å². The minimum Gasteiger partial charge on any atom is -0.355 e. The second-order valence-electron chi connectivity index (χ2n) is 12.0. The van der Waals surface area contributed by atoms with Gasteiger partial charge in [0.1, 0.15) is 5.69 Å². The molecule has 1 aromatic carbocycles. The minimum atomic E-state index is -0.125. The third-order valence-corrected chi connectivity index (χ3v) is 8.19. The molecule has 0 atom stereocenters. The number of aromatic nitrogens is 7. The maximum Gasteiger partial charge on any atom is 0.113 e. The number of aryl methyl sites for hydroxylation is 3. The van der Waals surface area contributed by atoms with Crippen molar-refractivity contribution in [3.63, 3.8) is 0 Å². The number of nitrogens with zero attached hydrogens (tertiary/aromatic N) is 5. The van der Waals surface area contributed by atoms with E-state index in [0.717, 1.165) is 83.9 Å². The van der Waals surface area contributed by atoms with Crippen molar-refractivity contribution in [3.8, 4) is 22.4 Å². The summed E-state index contributed by atoms with van der Waals surface area (Å²) in [5.74, 6) is 0. The maximum absolute atomic E-state index is 5.14. The average Bonchev–Trinajstić information content (AvgIpc) is 3.81. The topological polar surface area (TPSA) is 88.1 Å². The third kappa shape index (κ3) is 4.38. The van der Waals surface area contributed by atoms with Crippen LogP contribution in [-0.2, 0) is 5.54 Å². The van der Waals surface area contributed by atoms with Crippen LogP contribution in [0.25, 0.3) is 68.8 Å². The van der Waals surface area contributed by atoms with Crippen LogP contribution in [0.5, 0.6) is 0 Å². The molecule has 0 saturated carbocycles. The zero-order valence-electron chi connectivity index (χ0n) is 24.7. The summed E-state index contributed by atoms with van der Waals surface area (Å²) in [6.07, 6.45) is 10.4. The Labute approximate surface area is 244 Å². The van der Waals surface area contributed by atoms with Crippen LogP contribution in [0, 0.1) is 20.8 Å². The molecule has 0 unspecified atom stereocenters. The number of benzene rings is 1. The van der Waals surface area contributed by atoms with Crippen LogP contribution in [-0.4, -0.2) is 34.9 Å². The van der Waals surface area contributed by atoms with Gasteiger partial charge in [-0.2, -0.15) is 0 Å². The largest absolute Gasteiger partial charge is 0.355 e. The first-order valence-electron chi connectivity index (χ1n) is 14.3. The van der Waals surface area contributed by atoms with Crippen LogP contribution < -0.4 is 0 Å². The summed E-state index contributed by atoms with van der Waals surface area (Å²) in [6, 6.07) is 17.0. The van der Waals surface area contributed by atoms with Crippen molar-refractivity contribution in [1.29, 1.82) is 0 Å². The first-order chi connectivity index (χ1) is 20.2. The Morgan fingerprint density at radius 3 is 1.55 bits per heavy atom. The molecule has 7 heteroatoms. The molecule has 8 bridgehead atoms. The van der Waals surface area contributed by atoms with Crippen molar-refractivity contribution in [3.05, 3.63) is 94.2 Å². The van der Waals surface area contributed by atoms with Crippen LogP contribution in [0.15, 0.2) is 54.7 Å². The SMILES string of the molecule is Cc1c2nc(c(C)c3ccc([nH]3)c(-c3ccc(-c4cn(C(C)(C)C)nn4)cc3)c3nc(c(C)c4ccc1[nH]4)C=C3)C=C2. The molecule has 0 spiro atoms. The number of aromatic amines is 2. The van der Waals surface area contributed by atoms with Gasteiger partial charge in [0.05, 0.1) is 34.5 Å². The van der Waals surface area contributed by atoms with Gasteiger partial charge in [-0.25, -0.2) is 14.6 Å². The highest BCUT2D eigenvalue weighted by atomic mass is 15.4. The van der Waals surface area contributed by atoms with Gasteiger partial charge >= 0.3 is 0 Å². The lowest BCUT2D eigenvalue weighted by molar-refractivity contribution is 0.347. The Kier molecular flexibility index (Phi) is 5.87. The Morgan fingerprint density at radius 1 is 0.571 bits per heavy atom. The van der Waals surface area contributed by atoms with Gasteiger partial charge in [0, 0.05) is 33.2 Å². The third-order valence-electron chi connectivity index (χ3n) is 8.19. The lowest BCUT2D eigenvalue weighted by atomic mass is 10.0. The summed E-state index contributed by atoms with van der Waals surface area (Å²) in [5, 5.41) is 8.77. The fourth-order valence-electron chi connectivity index (χ4n) is 5.47. The van der Waals surface area contributed by atoms with Crippen LogP contribution in [0.1, 0.15) is 60.2 Å². The molecule has 6 heterocycles. The van der Waals surface area contributed by atoms with Crippen molar-refractivity contribution in [2.45, 2.75) is 47.1 Å². The molecule has 7 rings (SSSR count). The molecule has 0 saturated heterocycles. The Morgan fingerprint density at radius 2 is 1.02 bits per heavy atom. The van der Waals surface area contributed by atoms with Crippen LogP contribution in [0.2, 0.25) is 0 Å². The molecule has 0 amide bonds. The predicted octanol–water partition coefficient (Wildman–Crippen LogP) is 8.26. The Hall–Kier alpha value is -5.04. The first kappa shape index (κ1) is 25.9. The molecule has 7 nitrogen and oxygen atoms in total. The number of fused-ring (bicyclic) bond motifs is 8. The van der Waals surface area contributed by atoms with Gasteiger partial charge in [-0.3, -0.25) is 0 Å². The molecule has 0 aliphatic carbocycles. The lowest BCUT2D eigenvalue weighted by Gasteiger charge is -2.17. The normalized spacial score (nSPS) is 12.8. The summed E-state index contributed by atoms with van der Waals surface area (Å²) in [4.78, 5) is 17.4. The molecular formula is C35H33N7. The van der Waals surface area contributed by atoms with E-state index in [9.17, 15) is 0 Å². The van der Waals surface area contributed by atoms with Gasteiger partial charge in [0.15, 0.2) is 0 Å². The summed E-state index contributed by atoms with van der Waals surface area (Å²) in [7, 11) is 0. The highest BCUT2D eigenvalue weighted by Gasteiger charge is 2.17. The highest BCUT2D eigenvalue weighted by molar-refractivity contribution is 5.92. The van der Waals surface area contributed by atoms with E-state index in [4.69, 9.17) is 9.97 Å². The van der Waals surface area contributed by atoms with Gasteiger partial charge in [-0.05, 0) is 112 Å². The molecule has 2 aliphatic heterocycles. The van der Waals surface area contributed by atoms with E-state index in [1.165, 1.54) is 0 Å². The van der Waals surface area contributed by atoms with E-state index >= 15 is 0 Å². The van der Waals surface area contributed by atoms with Gasteiger partial charge < -0.3 is 9.97 Å². The number of hydrogen-bond acceptors (Lipinski definition) is 4. The number of hydrogen-bond donors (Lipinski definition) is 2. The van der Waals surface area contributed by atoms with E-state index in [0.29, 0.717) is 0 Å². The molecule has 5 aromatic rings. The average molecular weight is 552 g/mol. The predicted molar refractivity (Wildman–Crippen MR) is 173 cm³/mol. The summed E-state index contributed by atoms with van der Waals surface area (Å²) in [5.41, 5.74) is 15.1. The standard InChI is InChI=1S/C35H33N7/c1-20-25-11-13-27(36-25)21(2)29-15-17-31(38-29)34(32-18-16-30(39-32)22(3)28-14-12-26(20)37-28)24-9-7-23(8-10-24)33-19-42(41-40-33)35(4,5)6/h7-19,36,39H,1-6H3. The zero-order valence-corrected chi connectivity index (χ0v) is 24.7. The molecule has 42 heavy (non-hydrogen) atoms. The minimum absolute atomic E-state index is 0.125. The molecule has 0 radical (unpaired) electrons. The quantitative estimate of drug-likeness (QED) is 0.226. The summed E-state index contributed by atoms with van der Waals surface area (Å²) >= 11 is 0. The van der Waals surface area contributed by atoms with Gasteiger partial charge in [-0.1, -0.05) is 29.5 Å². The van der Waals surface area contributed by atoms with Crippen molar-refractivity contribution >= 4 is 46.4 Å². The molecule has 208 valence electrons. The lowest BCUT2D eigenvalue weighted by Crippen LogP contribution is -2.22. The van der Waals surface area contributed by atoms with E-state index < -0.39 is 0 Å². The number of H-pyrrole nitrogens is 2. The van der Waals surface area contributed by atoms with E-state index in [2.05, 4.69) is 135 Å². The smallest absolute Gasteiger partial charge is 0.113 e. The summed E-state index contributed by atoms with van der Waals surface area (Å²) < 4.78 is 1.90. The molecule has 4 aromatic heterocycles. The van der Waals surface area contributed by atoms with Crippen molar-refractivity contribution in [1.82, 2.24) is 34.9 Å². The molecule has 0 fully saturated rings. The Bertz CT molecular complexity index is 2090. The van der Waals surface area contributed by atoms with E-state index in [1.54, 1.807) is 0 Å². The second kappa shape index (κ2) is 9.52. The fourth-order valence-corrected chi connectivity index (χ4v) is 5.47. The zero-order chi connectivity index (χ0) is 29.2. The summed E-state index contributed by atoms with van der Waals surface area (Å²) in [6.45, 7) is 12.7. The molecule has 2 aliphatic rings. The second-order valence-corrected chi connectivity index (χ2v) is 12.0. The monoisotopic (exact) mass is 551 g/mol. The van der Waals surface area contributed by atoms with Gasteiger partial charge in [-0.15, -0.1) is 5.10 Å². The fraction of sp³-hybridized carbons (Fsp3) is 0.200. The maximum atomic E-state index is 5.14. The first-order valence-corrected chi connectivity index (χ1v) is 14.3. The molecule has 2 N–H and O–H groups in total. The highest BCUT2D eigenvalue weighted by Crippen LogP contribution is 2.33. The van der Waals surface area contributed by atoms with E-state index in [-0.39, 0.29) is 5.54 Å². The van der Waals surface area contributed by atoms with Gasteiger partial charge in [0.25, 0.3) is 0 Å². The van der Waals surface area contributed by atoms with Crippen LogP contribution in [0.3, 0.4) is 0 Å². The number of nitrogens with one attached hydrogen (secondary N) is 2. The molecular weight excluding hydrogens is 518 g/mol. The number of rotatable bonds is 2. The van der Waals surface area contributed by atoms with Gasteiger partial charge in [0.2, 0.25) is 0 Å². The van der Waals surface area contributed by atoms with Crippen molar-refractivity contribution < 1.29 is 0 Å². The van der Waals surface area contributed by atoms with Crippen LogP contribution in [0.4, 0.5) is 0 Å². The van der Waals surface area contributed by atoms with E-state index in [1.807, 2.05) is 10.9 Å².